The van der Waals surface area contributed by atoms with E-state index >= 15 is 0 Å². The van der Waals surface area contributed by atoms with Gasteiger partial charge in [-0.2, -0.15) is 0 Å². The third-order valence-corrected chi connectivity index (χ3v) is 15.5. The predicted molar refractivity (Wildman–Crippen MR) is 328 cm³/mol. The molecule has 0 spiro atoms. The van der Waals surface area contributed by atoms with Gasteiger partial charge in [0, 0.05) is 85.9 Å². The lowest BCUT2D eigenvalue weighted by Gasteiger charge is -2.33. The Kier molecular flexibility index (Phi) is 12.3. The molecule has 1 aliphatic rings. The molecule has 0 unspecified atom stereocenters. The third-order valence-electron chi connectivity index (χ3n) is 15.5. The van der Waals surface area contributed by atoms with Gasteiger partial charge in [-0.25, -0.2) is 19.9 Å². The fraction of sp³-hybridized carbons (Fsp3) is 0.0986. The van der Waals surface area contributed by atoms with Crippen molar-refractivity contribution in [2.24, 2.45) is 0 Å². The van der Waals surface area contributed by atoms with Crippen LogP contribution in [0.3, 0.4) is 0 Å². The topological polar surface area (TPSA) is 64.5 Å². The van der Waals surface area contributed by atoms with Crippen molar-refractivity contribution in [1.29, 1.82) is 0 Å². The molecule has 8 aromatic carbocycles. The van der Waals surface area contributed by atoms with Crippen LogP contribution in [-0.4, -0.2) is 19.9 Å². The zero-order valence-electron chi connectivity index (χ0n) is 45.2. The number of rotatable bonds is 12. The summed E-state index contributed by atoms with van der Waals surface area (Å²) in [5.41, 5.74) is 17.2. The molecule has 0 atom stereocenters. The first-order valence-corrected chi connectivity index (χ1v) is 26.9. The second-order valence-corrected chi connectivity index (χ2v) is 21.2. The van der Waals surface area contributed by atoms with Crippen LogP contribution in [0, 0.1) is 27.7 Å². The molecule has 8 heteroatoms. The van der Waals surface area contributed by atoms with E-state index in [4.69, 9.17) is 19.9 Å². The van der Waals surface area contributed by atoms with E-state index in [1.807, 2.05) is 49.1 Å². The van der Waals surface area contributed by atoms with Crippen LogP contribution in [-0.2, 0) is 5.41 Å². The average Bonchev–Trinajstić information content (AvgIpc) is 3.49. The second-order valence-electron chi connectivity index (χ2n) is 21.2. The minimum atomic E-state index is -0.428. The summed E-state index contributed by atoms with van der Waals surface area (Å²) in [5.74, 6) is 3.26. The summed E-state index contributed by atoms with van der Waals surface area (Å²) in [6.45, 7) is 13.3. The average molecular weight is 1020 g/mol. The number of fused-ring (bicyclic) bond motifs is 5. The maximum atomic E-state index is 5.18. The highest BCUT2D eigenvalue weighted by atomic mass is 15.2. The van der Waals surface area contributed by atoms with Gasteiger partial charge in [0.25, 0.3) is 0 Å². The molecule has 382 valence electrons. The molecular formula is C71H58N8. The summed E-state index contributed by atoms with van der Waals surface area (Å²) >= 11 is 0. The van der Waals surface area contributed by atoms with Gasteiger partial charge in [0.15, 0.2) is 0 Å². The highest BCUT2D eigenvalue weighted by Crippen LogP contribution is 2.57. The lowest BCUT2D eigenvalue weighted by Crippen LogP contribution is -2.18. The van der Waals surface area contributed by atoms with Crippen LogP contribution in [0.5, 0.6) is 0 Å². The van der Waals surface area contributed by atoms with Crippen LogP contribution in [0.4, 0.5) is 68.8 Å². The van der Waals surface area contributed by atoms with Crippen molar-refractivity contribution in [3.63, 3.8) is 0 Å². The molecular weight excluding hydrogens is 965 g/mol. The van der Waals surface area contributed by atoms with E-state index in [9.17, 15) is 0 Å². The smallest absolute Gasteiger partial charge is 0.137 e. The number of pyridine rings is 4. The number of aromatic nitrogens is 4. The lowest BCUT2D eigenvalue weighted by atomic mass is 9.81. The van der Waals surface area contributed by atoms with E-state index in [1.165, 1.54) is 44.5 Å². The van der Waals surface area contributed by atoms with Crippen molar-refractivity contribution in [3.8, 4) is 11.1 Å². The Labute approximate surface area is 462 Å². The number of hydrogen-bond acceptors (Lipinski definition) is 8. The van der Waals surface area contributed by atoms with Crippen LogP contribution in [0.25, 0.3) is 32.7 Å². The maximum Gasteiger partial charge on any atom is 0.137 e. The Morgan fingerprint density at radius 1 is 0.278 bits per heavy atom. The van der Waals surface area contributed by atoms with Crippen molar-refractivity contribution in [3.05, 3.63) is 277 Å². The summed E-state index contributed by atoms with van der Waals surface area (Å²) in [4.78, 5) is 29.5. The normalized spacial score (nSPS) is 12.3. The number of nitrogens with zero attached hydrogens (tertiary/aromatic N) is 8. The number of anilines is 12. The van der Waals surface area contributed by atoms with Gasteiger partial charge in [0.2, 0.25) is 0 Å². The molecule has 0 saturated heterocycles. The third kappa shape index (κ3) is 8.77. The molecule has 0 saturated carbocycles. The number of hydrogen-bond donors (Lipinski definition) is 0. The molecule has 0 fully saturated rings. The monoisotopic (exact) mass is 1020 g/mol. The molecule has 13 rings (SSSR count). The van der Waals surface area contributed by atoms with Gasteiger partial charge in [0.05, 0.1) is 11.4 Å². The lowest BCUT2D eigenvalue weighted by molar-refractivity contribution is 0.661. The number of benzene rings is 8. The zero-order valence-corrected chi connectivity index (χ0v) is 45.2. The Morgan fingerprint density at radius 2 is 0.608 bits per heavy atom. The predicted octanol–water partition coefficient (Wildman–Crippen LogP) is 19.0. The van der Waals surface area contributed by atoms with E-state index in [0.717, 1.165) is 90.3 Å². The summed E-state index contributed by atoms with van der Waals surface area (Å²) in [7, 11) is 0. The van der Waals surface area contributed by atoms with Crippen LogP contribution in [0.2, 0.25) is 0 Å². The molecule has 4 aromatic heterocycles. The highest BCUT2D eigenvalue weighted by Gasteiger charge is 2.38. The van der Waals surface area contributed by atoms with Crippen molar-refractivity contribution in [2.45, 2.75) is 47.0 Å². The summed E-state index contributed by atoms with van der Waals surface area (Å²) in [5, 5.41) is 4.18. The largest absolute Gasteiger partial charge is 0.295 e. The fourth-order valence-corrected chi connectivity index (χ4v) is 11.4. The maximum absolute atomic E-state index is 5.18. The molecule has 79 heavy (non-hydrogen) atoms. The first kappa shape index (κ1) is 48.7. The summed E-state index contributed by atoms with van der Waals surface area (Å²) in [6, 6.07) is 78.4. The van der Waals surface area contributed by atoms with E-state index in [2.05, 4.69) is 255 Å². The van der Waals surface area contributed by atoms with Gasteiger partial charge < -0.3 is 0 Å². The van der Waals surface area contributed by atoms with Crippen molar-refractivity contribution in [2.75, 3.05) is 19.6 Å². The number of aryl methyl sites for hydroxylation is 4. The van der Waals surface area contributed by atoms with Gasteiger partial charge in [-0.1, -0.05) is 121 Å². The Hall–Kier alpha value is -9.92. The summed E-state index contributed by atoms with van der Waals surface area (Å²) < 4.78 is 0. The zero-order chi connectivity index (χ0) is 53.8. The van der Waals surface area contributed by atoms with E-state index in [0.29, 0.717) is 0 Å². The van der Waals surface area contributed by atoms with E-state index in [-0.39, 0.29) is 0 Å². The molecule has 0 bridgehead atoms. The van der Waals surface area contributed by atoms with Gasteiger partial charge in [-0.3, -0.25) is 19.6 Å². The van der Waals surface area contributed by atoms with Crippen LogP contribution < -0.4 is 19.6 Å². The quantitative estimate of drug-likeness (QED) is 0.0886. The molecule has 4 heterocycles. The molecule has 1 aliphatic carbocycles. The molecule has 0 amide bonds. The van der Waals surface area contributed by atoms with E-state index < -0.39 is 5.41 Å². The molecule has 0 radical (unpaired) electrons. The highest BCUT2D eigenvalue weighted by molar-refractivity contribution is 6.25. The summed E-state index contributed by atoms with van der Waals surface area (Å²) in [6.07, 6.45) is 7.51. The van der Waals surface area contributed by atoms with E-state index in [1.54, 1.807) is 0 Å². The second kappa shape index (κ2) is 19.9. The Balaban J connectivity index is 1.17. The standard InChI is InChI=1S/C71H58N8/c1-47-19-27-51(28-20-47)76(65-15-7-11-39-72-65)55-36-38-58-60(43-55)70(79(68-18-10-14-42-75-68)54-33-25-50(4)26-34-54)61-45-59-57-37-35-56(77(66-16-8-12-40-73-66)52-29-21-48(2)22-30-52)44-63(57)71(5,6)64(59)46-62(61)69(58)78(67-17-9-13-41-74-67)53-31-23-49(3)24-32-53/h7-46H,1-6H3. The Bertz CT molecular complexity index is 4170. The van der Waals surface area contributed by atoms with Crippen molar-refractivity contribution < 1.29 is 0 Å². The van der Waals surface area contributed by atoms with Crippen molar-refractivity contribution >= 4 is 90.3 Å². The van der Waals surface area contributed by atoms with Gasteiger partial charge in [0.1, 0.15) is 23.3 Å². The Morgan fingerprint density at radius 3 is 1.03 bits per heavy atom. The SMILES string of the molecule is Cc1ccc(N(c2ccc3c(c2)C(C)(C)c2cc4c(N(c5ccc(C)cc5)c5ccccn5)c5ccc(N(c6ccc(C)cc6)c6ccccn6)cc5c(N(c5ccc(C)cc5)c5ccccn5)c4cc2-3)c2ccccn2)cc1. The first-order chi connectivity index (χ1) is 38.6. The molecule has 12 aromatic rings. The molecule has 0 N–H and O–H groups in total. The van der Waals surface area contributed by atoms with Crippen LogP contribution in [0.1, 0.15) is 47.2 Å². The minimum absolute atomic E-state index is 0.428. The molecule has 8 nitrogen and oxygen atoms in total. The minimum Gasteiger partial charge on any atom is -0.295 e. The van der Waals surface area contributed by atoms with Gasteiger partial charge in [-0.15, -0.1) is 0 Å². The van der Waals surface area contributed by atoms with Crippen molar-refractivity contribution in [1.82, 2.24) is 19.9 Å². The first-order valence-electron chi connectivity index (χ1n) is 26.9. The van der Waals surface area contributed by atoms with Crippen LogP contribution in [0.15, 0.2) is 243 Å². The fourth-order valence-electron chi connectivity index (χ4n) is 11.4. The molecule has 0 aliphatic heterocycles. The van der Waals surface area contributed by atoms with Crippen LogP contribution >= 0.6 is 0 Å². The van der Waals surface area contributed by atoms with Gasteiger partial charge in [-0.05, 0) is 183 Å². The van der Waals surface area contributed by atoms with Gasteiger partial charge >= 0.3 is 0 Å².